The standard InChI is InChI=1S/C14H18N4O/c1-10-4-3-5-11(8-10)6-7-16-14(19)13-12(15)9-18(2)17-13/h3-5,8-9H,6-7,15H2,1-2H3,(H,16,19). The molecule has 0 aliphatic rings. The number of nitrogens with zero attached hydrogens (tertiary/aromatic N) is 2. The van der Waals surface area contributed by atoms with Crippen LogP contribution in [0.1, 0.15) is 21.6 Å². The van der Waals surface area contributed by atoms with Crippen LogP contribution in [0.5, 0.6) is 0 Å². The summed E-state index contributed by atoms with van der Waals surface area (Å²) in [6, 6.07) is 8.23. The number of nitrogens with two attached hydrogens (primary N) is 1. The molecule has 0 bridgehead atoms. The van der Waals surface area contributed by atoms with Crippen molar-refractivity contribution >= 4 is 11.6 Å². The normalized spacial score (nSPS) is 10.4. The highest BCUT2D eigenvalue weighted by Crippen LogP contribution is 2.08. The molecule has 0 atom stereocenters. The van der Waals surface area contributed by atoms with Crippen molar-refractivity contribution in [2.24, 2.45) is 7.05 Å². The van der Waals surface area contributed by atoms with E-state index in [0.29, 0.717) is 12.2 Å². The van der Waals surface area contributed by atoms with Gasteiger partial charge in [-0.1, -0.05) is 29.8 Å². The highest BCUT2D eigenvalue weighted by atomic mass is 16.1. The summed E-state index contributed by atoms with van der Waals surface area (Å²) in [5, 5.41) is 6.86. The third-order valence-electron chi connectivity index (χ3n) is 2.85. The number of hydrogen-bond donors (Lipinski definition) is 2. The van der Waals surface area contributed by atoms with E-state index in [1.807, 2.05) is 12.1 Å². The molecule has 2 rings (SSSR count). The maximum atomic E-state index is 11.9. The van der Waals surface area contributed by atoms with Crippen molar-refractivity contribution in [3.8, 4) is 0 Å². The molecule has 2 aromatic rings. The number of nitrogens with one attached hydrogen (secondary N) is 1. The first kappa shape index (κ1) is 13.1. The molecule has 3 N–H and O–H groups in total. The first-order valence-corrected chi connectivity index (χ1v) is 6.19. The van der Waals surface area contributed by atoms with Gasteiger partial charge in [0.1, 0.15) is 0 Å². The van der Waals surface area contributed by atoms with Crippen LogP contribution in [0.3, 0.4) is 0 Å². The summed E-state index contributed by atoms with van der Waals surface area (Å²) in [6.07, 6.45) is 2.41. The van der Waals surface area contributed by atoms with Crippen LogP contribution in [0.25, 0.3) is 0 Å². The van der Waals surface area contributed by atoms with E-state index >= 15 is 0 Å². The average Bonchev–Trinajstić information content (AvgIpc) is 2.68. The molecule has 100 valence electrons. The van der Waals surface area contributed by atoms with Gasteiger partial charge in [-0.2, -0.15) is 5.10 Å². The number of carbonyl (C=O) groups is 1. The van der Waals surface area contributed by atoms with Crippen LogP contribution in [0, 0.1) is 6.92 Å². The minimum absolute atomic E-state index is 0.231. The number of anilines is 1. The number of amides is 1. The monoisotopic (exact) mass is 258 g/mol. The first-order chi connectivity index (χ1) is 9.06. The topological polar surface area (TPSA) is 72.9 Å². The summed E-state index contributed by atoms with van der Waals surface area (Å²) in [4.78, 5) is 11.9. The fourth-order valence-corrected chi connectivity index (χ4v) is 1.96. The Morgan fingerprint density at radius 2 is 2.26 bits per heavy atom. The lowest BCUT2D eigenvalue weighted by Crippen LogP contribution is -2.26. The van der Waals surface area contributed by atoms with Crippen molar-refractivity contribution in [3.63, 3.8) is 0 Å². The minimum Gasteiger partial charge on any atom is -0.396 e. The minimum atomic E-state index is -0.231. The number of aromatic nitrogens is 2. The molecule has 0 aliphatic heterocycles. The molecule has 0 unspecified atom stereocenters. The van der Waals surface area contributed by atoms with E-state index in [2.05, 4.69) is 29.5 Å². The largest absolute Gasteiger partial charge is 0.396 e. The lowest BCUT2D eigenvalue weighted by Gasteiger charge is -2.05. The average molecular weight is 258 g/mol. The zero-order chi connectivity index (χ0) is 13.8. The summed E-state index contributed by atoms with van der Waals surface area (Å²) in [5.41, 5.74) is 8.81. The van der Waals surface area contributed by atoms with Crippen molar-refractivity contribution in [3.05, 3.63) is 47.3 Å². The zero-order valence-corrected chi connectivity index (χ0v) is 11.2. The second-order valence-corrected chi connectivity index (χ2v) is 4.60. The highest BCUT2D eigenvalue weighted by Gasteiger charge is 2.12. The number of rotatable bonds is 4. The number of hydrogen-bond acceptors (Lipinski definition) is 3. The van der Waals surface area contributed by atoms with Gasteiger partial charge in [0.05, 0.1) is 5.69 Å². The van der Waals surface area contributed by atoms with Gasteiger partial charge in [-0.15, -0.1) is 0 Å². The third kappa shape index (κ3) is 3.34. The van der Waals surface area contributed by atoms with E-state index in [1.54, 1.807) is 13.2 Å². The van der Waals surface area contributed by atoms with Crippen LogP contribution in [-0.4, -0.2) is 22.2 Å². The molecule has 5 nitrogen and oxygen atoms in total. The number of carbonyl (C=O) groups excluding carboxylic acids is 1. The van der Waals surface area contributed by atoms with Crippen molar-refractivity contribution in [1.29, 1.82) is 0 Å². The molecule has 0 radical (unpaired) electrons. The summed E-state index contributed by atoms with van der Waals surface area (Å²) < 4.78 is 1.53. The Kier molecular flexibility index (Phi) is 3.85. The van der Waals surface area contributed by atoms with Crippen molar-refractivity contribution in [2.75, 3.05) is 12.3 Å². The van der Waals surface area contributed by atoms with E-state index in [9.17, 15) is 4.79 Å². The summed E-state index contributed by atoms with van der Waals surface area (Å²) in [7, 11) is 1.74. The molecule has 0 aliphatic carbocycles. The smallest absolute Gasteiger partial charge is 0.273 e. The van der Waals surface area contributed by atoms with Crippen LogP contribution >= 0.6 is 0 Å². The molecule has 1 amide bonds. The Labute approximate surface area is 112 Å². The van der Waals surface area contributed by atoms with Gasteiger partial charge >= 0.3 is 0 Å². The van der Waals surface area contributed by atoms with Crippen molar-refractivity contribution < 1.29 is 4.79 Å². The lowest BCUT2D eigenvalue weighted by molar-refractivity contribution is 0.0949. The summed E-state index contributed by atoms with van der Waals surface area (Å²) in [6.45, 7) is 2.62. The Morgan fingerprint density at radius 1 is 1.47 bits per heavy atom. The third-order valence-corrected chi connectivity index (χ3v) is 2.85. The predicted molar refractivity (Wildman–Crippen MR) is 74.8 cm³/mol. The molecule has 1 heterocycles. The van der Waals surface area contributed by atoms with Gasteiger partial charge in [-0.05, 0) is 18.9 Å². The Bertz CT molecular complexity index is 589. The van der Waals surface area contributed by atoms with Gasteiger partial charge in [-0.25, -0.2) is 0 Å². The van der Waals surface area contributed by atoms with E-state index in [1.165, 1.54) is 15.8 Å². The first-order valence-electron chi connectivity index (χ1n) is 6.19. The van der Waals surface area contributed by atoms with Crippen LogP contribution in [0.2, 0.25) is 0 Å². The molecule has 1 aromatic carbocycles. The van der Waals surface area contributed by atoms with Gasteiger partial charge in [0.25, 0.3) is 5.91 Å². The quantitative estimate of drug-likeness (QED) is 0.867. The van der Waals surface area contributed by atoms with Crippen molar-refractivity contribution in [2.45, 2.75) is 13.3 Å². The fourth-order valence-electron chi connectivity index (χ4n) is 1.96. The molecule has 5 heteroatoms. The van der Waals surface area contributed by atoms with Gasteiger partial charge in [0, 0.05) is 19.8 Å². The van der Waals surface area contributed by atoms with Gasteiger partial charge in [0.2, 0.25) is 0 Å². The van der Waals surface area contributed by atoms with E-state index in [-0.39, 0.29) is 11.6 Å². The summed E-state index contributed by atoms with van der Waals surface area (Å²) in [5.74, 6) is -0.231. The van der Waals surface area contributed by atoms with Crippen LogP contribution in [-0.2, 0) is 13.5 Å². The molecule has 0 saturated heterocycles. The van der Waals surface area contributed by atoms with E-state index in [0.717, 1.165) is 6.42 Å². The molecule has 1 aromatic heterocycles. The molecule has 0 spiro atoms. The van der Waals surface area contributed by atoms with Crippen molar-refractivity contribution in [1.82, 2.24) is 15.1 Å². The van der Waals surface area contributed by atoms with Crippen LogP contribution < -0.4 is 11.1 Å². The van der Waals surface area contributed by atoms with E-state index < -0.39 is 0 Å². The van der Waals surface area contributed by atoms with E-state index in [4.69, 9.17) is 5.73 Å². The Balaban J connectivity index is 1.89. The molecular formula is C14H18N4O. The van der Waals surface area contributed by atoms with Crippen LogP contribution in [0.4, 0.5) is 5.69 Å². The van der Waals surface area contributed by atoms with Gasteiger partial charge < -0.3 is 11.1 Å². The predicted octanol–water partition coefficient (Wildman–Crippen LogP) is 1.28. The Hall–Kier alpha value is -2.30. The fraction of sp³-hybridized carbons (Fsp3) is 0.286. The lowest BCUT2D eigenvalue weighted by atomic mass is 10.1. The molecule has 19 heavy (non-hydrogen) atoms. The highest BCUT2D eigenvalue weighted by molar-refractivity contribution is 5.96. The number of nitrogen functional groups attached to an aromatic ring is 1. The molecular weight excluding hydrogens is 240 g/mol. The van der Waals surface area contributed by atoms with Gasteiger partial charge in [-0.3, -0.25) is 9.48 Å². The molecule has 0 saturated carbocycles. The maximum Gasteiger partial charge on any atom is 0.273 e. The Morgan fingerprint density at radius 3 is 2.89 bits per heavy atom. The maximum absolute atomic E-state index is 11.9. The van der Waals surface area contributed by atoms with Gasteiger partial charge in [0.15, 0.2) is 5.69 Å². The van der Waals surface area contributed by atoms with Crippen LogP contribution in [0.15, 0.2) is 30.5 Å². The SMILES string of the molecule is Cc1cccc(CCNC(=O)c2nn(C)cc2N)c1. The second kappa shape index (κ2) is 5.56. The number of benzene rings is 1. The second-order valence-electron chi connectivity index (χ2n) is 4.60. The number of aryl methyl sites for hydroxylation is 2. The summed E-state index contributed by atoms with van der Waals surface area (Å²) >= 11 is 0. The zero-order valence-electron chi connectivity index (χ0n) is 11.2. The molecule has 0 fully saturated rings.